The zero-order chi connectivity index (χ0) is 32.6. The van der Waals surface area contributed by atoms with Crippen LogP contribution in [0.1, 0.15) is 22.3 Å². The molecule has 2 aromatic heterocycles. The van der Waals surface area contributed by atoms with Crippen LogP contribution in [0, 0.1) is 0 Å². The van der Waals surface area contributed by atoms with Crippen molar-refractivity contribution in [2.45, 2.75) is 15.2 Å². The van der Waals surface area contributed by atoms with Crippen molar-refractivity contribution < 1.29 is 4.42 Å². The Morgan fingerprint density at radius 2 is 1.12 bits per heavy atom. The molecule has 3 heterocycles. The molecule has 0 N–H and O–H groups in total. The third-order valence-electron chi connectivity index (χ3n) is 11.2. The van der Waals surface area contributed by atoms with Crippen molar-refractivity contribution in [2.24, 2.45) is 0 Å². The number of hydrogen-bond donors (Lipinski definition) is 0. The summed E-state index contributed by atoms with van der Waals surface area (Å²) >= 11 is 1.90. The Labute approximate surface area is 292 Å². The summed E-state index contributed by atoms with van der Waals surface area (Å²) in [4.78, 5) is 2.61. The number of furan rings is 1. The second kappa shape index (κ2) is 9.56. The number of aromatic nitrogens is 1. The summed E-state index contributed by atoms with van der Waals surface area (Å²) in [6.07, 6.45) is 0. The molecular weight excluding hydrogens is 627 g/mol. The number of para-hydroxylation sites is 1. The molecule has 0 saturated carbocycles. The van der Waals surface area contributed by atoms with Gasteiger partial charge < -0.3 is 8.98 Å². The smallest absolute Gasteiger partial charge is 0.135 e. The predicted octanol–water partition coefficient (Wildman–Crippen LogP) is 12.7. The van der Waals surface area contributed by atoms with E-state index in [-0.39, 0.29) is 0 Å². The lowest BCUT2D eigenvalue weighted by molar-refractivity contribution is 0.669. The zero-order valence-electron chi connectivity index (χ0n) is 26.9. The van der Waals surface area contributed by atoms with Gasteiger partial charge in [-0.3, -0.25) is 0 Å². The van der Waals surface area contributed by atoms with Gasteiger partial charge >= 0.3 is 0 Å². The number of nitrogens with zero attached hydrogens (tertiary/aromatic N) is 1. The molecule has 1 aliphatic heterocycles. The van der Waals surface area contributed by atoms with Crippen LogP contribution in [0.3, 0.4) is 0 Å². The van der Waals surface area contributed by atoms with Crippen molar-refractivity contribution in [3.63, 3.8) is 0 Å². The van der Waals surface area contributed by atoms with Gasteiger partial charge in [0.15, 0.2) is 0 Å². The molecule has 0 fully saturated rings. The number of fused-ring (bicyclic) bond motifs is 17. The van der Waals surface area contributed by atoms with E-state index in [0.29, 0.717) is 0 Å². The molecule has 0 bridgehead atoms. The minimum absolute atomic E-state index is 0.418. The monoisotopic (exact) mass is 653 g/mol. The Bertz CT molecular complexity index is 3040. The summed E-state index contributed by atoms with van der Waals surface area (Å²) in [6.45, 7) is 0. The molecular formula is C47H27NOS. The van der Waals surface area contributed by atoms with Gasteiger partial charge in [-0.15, -0.1) is 0 Å². The first kappa shape index (κ1) is 26.9. The molecule has 2 aliphatic rings. The van der Waals surface area contributed by atoms with Gasteiger partial charge in [-0.2, -0.15) is 0 Å². The molecule has 1 spiro atoms. The van der Waals surface area contributed by atoms with Crippen molar-refractivity contribution in [3.8, 4) is 16.8 Å². The Hall–Kier alpha value is -6.03. The van der Waals surface area contributed by atoms with Crippen molar-refractivity contribution in [1.29, 1.82) is 0 Å². The van der Waals surface area contributed by atoms with Crippen molar-refractivity contribution >= 4 is 66.3 Å². The molecule has 12 rings (SSSR count). The molecule has 1 aliphatic carbocycles. The van der Waals surface area contributed by atoms with E-state index in [9.17, 15) is 0 Å². The van der Waals surface area contributed by atoms with Crippen LogP contribution in [0.2, 0.25) is 0 Å². The molecule has 50 heavy (non-hydrogen) atoms. The zero-order valence-corrected chi connectivity index (χ0v) is 27.7. The summed E-state index contributed by atoms with van der Waals surface area (Å²) in [7, 11) is 0. The summed E-state index contributed by atoms with van der Waals surface area (Å²) < 4.78 is 8.77. The van der Waals surface area contributed by atoms with Crippen LogP contribution >= 0.6 is 11.8 Å². The van der Waals surface area contributed by atoms with E-state index in [1.807, 2.05) is 17.8 Å². The molecule has 0 unspecified atom stereocenters. The van der Waals surface area contributed by atoms with E-state index in [0.717, 1.165) is 27.6 Å². The normalized spacial score (nSPS) is 14.1. The van der Waals surface area contributed by atoms with Gasteiger partial charge in [-0.05, 0) is 81.2 Å². The second-order valence-corrected chi connectivity index (χ2v) is 14.7. The first-order valence-corrected chi connectivity index (χ1v) is 18.0. The van der Waals surface area contributed by atoms with Gasteiger partial charge in [0.1, 0.15) is 11.2 Å². The van der Waals surface area contributed by atoms with Crippen LogP contribution < -0.4 is 0 Å². The highest BCUT2D eigenvalue weighted by molar-refractivity contribution is 7.99. The number of benzene rings is 8. The van der Waals surface area contributed by atoms with Gasteiger partial charge in [-0.25, -0.2) is 0 Å². The fraction of sp³-hybridized carbons (Fsp3) is 0.0213. The van der Waals surface area contributed by atoms with Crippen LogP contribution in [0.15, 0.2) is 178 Å². The number of hydrogen-bond acceptors (Lipinski definition) is 2. The molecule has 10 aromatic rings. The quantitative estimate of drug-likeness (QED) is 0.175. The Kier molecular flexibility index (Phi) is 5.14. The molecule has 8 aromatic carbocycles. The fourth-order valence-electron chi connectivity index (χ4n) is 9.25. The van der Waals surface area contributed by atoms with Crippen LogP contribution in [0.25, 0.3) is 71.3 Å². The third-order valence-corrected chi connectivity index (χ3v) is 12.4. The summed E-state index contributed by atoms with van der Waals surface area (Å²) in [5.74, 6) is 0. The molecule has 3 heteroatoms. The van der Waals surface area contributed by atoms with Crippen molar-refractivity contribution in [1.82, 2.24) is 4.57 Å². The minimum atomic E-state index is -0.418. The van der Waals surface area contributed by atoms with Crippen LogP contribution in [-0.4, -0.2) is 4.57 Å². The Balaban J connectivity index is 1.25. The van der Waals surface area contributed by atoms with E-state index in [1.165, 1.54) is 75.7 Å². The summed E-state index contributed by atoms with van der Waals surface area (Å²) in [5.41, 5.74) is 13.1. The fourth-order valence-corrected chi connectivity index (χ4v) is 10.5. The molecule has 0 amide bonds. The van der Waals surface area contributed by atoms with Gasteiger partial charge in [-0.1, -0.05) is 133 Å². The van der Waals surface area contributed by atoms with E-state index < -0.39 is 5.41 Å². The predicted molar refractivity (Wildman–Crippen MR) is 207 cm³/mol. The van der Waals surface area contributed by atoms with Gasteiger partial charge in [0, 0.05) is 42.4 Å². The lowest BCUT2D eigenvalue weighted by atomic mass is 9.67. The van der Waals surface area contributed by atoms with Crippen molar-refractivity contribution in [3.05, 3.63) is 186 Å². The topological polar surface area (TPSA) is 18.1 Å². The van der Waals surface area contributed by atoms with Gasteiger partial charge in [0.2, 0.25) is 0 Å². The highest BCUT2D eigenvalue weighted by Gasteiger charge is 2.50. The molecule has 232 valence electrons. The van der Waals surface area contributed by atoms with Crippen molar-refractivity contribution in [2.75, 3.05) is 0 Å². The summed E-state index contributed by atoms with van der Waals surface area (Å²) in [5, 5.41) is 7.28. The number of rotatable bonds is 1. The molecule has 0 radical (unpaired) electrons. The third kappa shape index (κ3) is 3.26. The lowest BCUT2D eigenvalue weighted by Gasteiger charge is -2.39. The molecule has 0 atom stereocenters. The highest BCUT2D eigenvalue weighted by Crippen LogP contribution is 2.62. The molecule has 2 nitrogen and oxygen atoms in total. The first-order chi connectivity index (χ1) is 24.8. The SMILES string of the molecule is c1ccc2c(c1)Sc1cc3c(cc1C21c2ccccc2-c2ccccc21)c1ccc2ccccc2c1n3-c1ccc2oc3ccccc3c2c1. The maximum atomic E-state index is 6.28. The largest absolute Gasteiger partial charge is 0.456 e. The maximum Gasteiger partial charge on any atom is 0.135 e. The van der Waals surface area contributed by atoms with E-state index in [1.54, 1.807) is 0 Å². The standard InChI is InChI=1S/C47H27NOS/c1-2-12-30-28(11-1)21-23-34-35-26-40-45(27-41(35)48(46(30)34)29-22-24-43-36(25-29)33-15-5-9-19-42(33)49-43)50-44-20-10-8-18-39(44)47(40)37-16-6-3-13-31(37)32-14-4-7-17-38(32)47/h1-27H. The second-order valence-electron chi connectivity index (χ2n) is 13.6. The first-order valence-electron chi connectivity index (χ1n) is 17.2. The molecule has 0 saturated heterocycles. The maximum absolute atomic E-state index is 6.28. The van der Waals surface area contributed by atoms with E-state index >= 15 is 0 Å². The van der Waals surface area contributed by atoms with Crippen LogP contribution in [0.4, 0.5) is 0 Å². The average molecular weight is 654 g/mol. The van der Waals surface area contributed by atoms with Gasteiger partial charge in [0.05, 0.1) is 16.4 Å². The summed E-state index contributed by atoms with van der Waals surface area (Å²) in [6, 6.07) is 60.6. The Morgan fingerprint density at radius 1 is 0.440 bits per heavy atom. The Morgan fingerprint density at radius 3 is 1.96 bits per heavy atom. The van der Waals surface area contributed by atoms with Gasteiger partial charge in [0.25, 0.3) is 0 Å². The highest BCUT2D eigenvalue weighted by atomic mass is 32.2. The average Bonchev–Trinajstić information content (AvgIpc) is 3.81. The van der Waals surface area contributed by atoms with Crippen LogP contribution in [0.5, 0.6) is 0 Å². The van der Waals surface area contributed by atoms with E-state index in [4.69, 9.17) is 4.42 Å². The van der Waals surface area contributed by atoms with E-state index in [2.05, 4.69) is 162 Å². The van der Waals surface area contributed by atoms with Crippen LogP contribution in [-0.2, 0) is 5.41 Å². The minimum Gasteiger partial charge on any atom is -0.456 e. The lowest BCUT2D eigenvalue weighted by Crippen LogP contribution is -2.31.